The van der Waals surface area contributed by atoms with Crippen LogP contribution in [0.1, 0.15) is 11.1 Å². The SMILES string of the molecule is Cc1c(-c2ccn(C)n2)cn2nc(-c3nccn3C)nc(N(C)c3ccc(CO)cn3)c12. The van der Waals surface area contributed by atoms with Gasteiger partial charge in [-0.05, 0) is 30.2 Å². The molecule has 32 heavy (non-hydrogen) atoms. The van der Waals surface area contributed by atoms with Crippen molar-refractivity contribution >= 4 is 17.2 Å². The van der Waals surface area contributed by atoms with Crippen molar-refractivity contribution in [3.8, 4) is 22.9 Å². The number of imidazole rings is 1. The Kier molecular flexibility index (Phi) is 4.71. The number of fused-ring (bicyclic) bond motifs is 1. The summed E-state index contributed by atoms with van der Waals surface area (Å²) in [6.07, 6.45) is 9.14. The van der Waals surface area contributed by atoms with Crippen molar-refractivity contribution < 1.29 is 5.11 Å². The van der Waals surface area contributed by atoms with Crippen molar-refractivity contribution in [2.24, 2.45) is 14.1 Å². The molecule has 1 N–H and O–H groups in total. The number of nitrogens with zero attached hydrogens (tertiary/aromatic N) is 9. The number of aliphatic hydroxyl groups is 1. The summed E-state index contributed by atoms with van der Waals surface area (Å²) in [5, 5.41) is 18.7. The van der Waals surface area contributed by atoms with E-state index in [1.165, 1.54) is 0 Å². The number of hydrogen-bond acceptors (Lipinski definition) is 7. The first-order chi connectivity index (χ1) is 15.5. The van der Waals surface area contributed by atoms with Crippen LogP contribution in [0.4, 0.5) is 11.6 Å². The highest BCUT2D eigenvalue weighted by atomic mass is 16.3. The predicted molar refractivity (Wildman–Crippen MR) is 120 cm³/mol. The first-order valence-corrected chi connectivity index (χ1v) is 10.1. The lowest BCUT2D eigenvalue weighted by atomic mass is 10.1. The molecule has 0 aliphatic rings. The van der Waals surface area contributed by atoms with E-state index < -0.39 is 0 Å². The van der Waals surface area contributed by atoms with E-state index in [9.17, 15) is 5.11 Å². The van der Waals surface area contributed by atoms with Crippen molar-refractivity contribution in [3.05, 3.63) is 60.3 Å². The molecule has 0 bridgehead atoms. The third-order valence-electron chi connectivity index (χ3n) is 5.53. The normalized spacial score (nSPS) is 11.4. The van der Waals surface area contributed by atoms with Gasteiger partial charge in [0, 0.05) is 57.7 Å². The van der Waals surface area contributed by atoms with E-state index in [0.717, 1.165) is 27.9 Å². The Morgan fingerprint density at radius 1 is 1.06 bits per heavy atom. The molecule has 10 heteroatoms. The molecule has 0 aliphatic carbocycles. The number of rotatable bonds is 5. The third-order valence-corrected chi connectivity index (χ3v) is 5.53. The minimum absolute atomic E-state index is 0.0523. The first kappa shape index (κ1) is 19.9. The summed E-state index contributed by atoms with van der Waals surface area (Å²) in [7, 11) is 5.72. The molecule has 0 aliphatic heterocycles. The number of anilines is 2. The largest absolute Gasteiger partial charge is 0.392 e. The fraction of sp³-hybridized carbons (Fsp3) is 0.227. The van der Waals surface area contributed by atoms with Crippen LogP contribution in [0.15, 0.2) is 49.2 Å². The molecule has 0 saturated heterocycles. The van der Waals surface area contributed by atoms with Crippen LogP contribution in [0.3, 0.4) is 0 Å². The van der Waals surface area contributed by atoms with E-state index in [1.807, 2.05) is 78.8 Å². The van der Waals surface area contributed by atoms with Gasteiger partial charge in [-0.3, -0.25) is 4.68 Å². The van der Waals surface area contributed by atoms with Crippen LogP contribution in [-0.4, -0.2) is 51.1 Å². The molecule has 0 aromatic carbocycles. The summed E-state index contributed by atoms with van der Waals surface area (Å²) in [5.41, 5.74) is 4.48. The Bertz CT molecular complexity index is 1410. The van der Waals surface area contributed by atoms with Crippen LogP contribution in [-0.2, 0) is 20.7 Å². The highest BCUT2D eigenvalue weighted by molar-refractivity contribution is 5.84. The lowest BCUT2D eigenvalue weighted by Gasteiger charge is -2.19. The highest BCUT2D eigenvalue weighted by Gasteiger charge is 2.22. The summed E-state index contributed by atoms with van der Waals surface area (Å²) in [6, 6.07) is 5.69. The molecule has 0 radical (unpaired) electrons. The standard InChI is InChI=1S/C22H23N9O/c1-14-16(17-7-9-29(3)26-17)12-31-19(14)21(25-20(27-31)22-23-8-10-28(22)2)30(4)18-6-5-15(13-32)11-24-18/h5-12,32H,13H2,1-4H3. The van der Waals surface area contributed by atoms with Crippen LogP contribution < -0.4 is 4.90 Å². The van der Waals surface area contributed by atoms with Gasteiger partial charge in [0.25, 0.3) is 0 Å². The fourth-order valence-corrected chi connectivity index (χ4v) is 3.75. The molecule has 0 spiro atoms. The average molecular weight is 429 g/mol. The lowest BCUT2D eigenvalue weighted by molar-refractivity contribution is 0.281. The Balaban J connectivity index is 1.74. The topological polar surface area (TPSA) is 102 Å². The second-order valence-corrected chi connectivity index (χ2v) is 7.70. The Hall–Kier alpha value is -4.05. The molecule has 0 unspecified atom stereocenters. The van der Waals surface area contributed by atoms with E-state index in [0.29, 0.717) is 23.3 Å². The van der Waals surface area contributed by atoms with Gasteiger partial charge in [0.15, 0.2) is 11.6 Å². The van der Waals surface area contributed by atoms with Gasteiger partial charge in [-0.15, -0.1) is 5.10 Å². The zero-order valence-electron chi connectivity index (χ0n) is 18.3. The number of hydrogen-bond donors (Lipinski definition) is 1. The summed E-state index contributed by atoms with van der Waals surface area (Å²) in [6.45, 7) is 1.99. The molecule has 10 nitrogen and oxygen atoms in total. The Morgan fingerprint density at radius 2 is 1.91 bits per heavy atom. The molecule has 0 atom stereocenters. The van der Waals surface area contributed by atoms with Crippen molar-refractivity contribution in [3.63, 3.8) is 0 Å². The van der Waals surface area contributed by atoms with Crippen LogP contribution in [0.2, 0.25) is 0 Å². The van der Waals surface area contributed by atoms with Gasteiger partial charge in [0.2, 0.25) is 5.82 Å². The second kappa shape index (κ2) is 7.57. The maximum atomic E-state index is 9.35. The lowest BCUT2D eigenvalue weighted by Crippen LogP contribution is -2.16. The van der Waals surface area contributed by atoms with Crippen LogP contribution in [0, 0.1) is 6.92 Å². The summed E-state index contributed by atoms with van der Waals surface area (Å²) >= 11 is 0. The Morgan fingerprint density at radius 3 is 2.53 bits per heavy atom. The summed E-state index contributed by atoms with van der Waals surface area (Å²) in [5.74, 6) is 2.56. The predicted octanol–water partition coefficient (Wildman–Crippen LogP) is 2.49. The second-order valence-electron chi connectivity index (χ2n) is 7.70. The van der Waals surface area contributed by atoms with Crippen molar-refractivity contribution in [2.45, 2.75) is 13.5 Å². The Labute approximate surface area is 184 Å². The first-order valence-electron chi connectivity index (χ1n) is 10.1. The van der Waals surface area contributed by atoms with Crippen molar-refractivity contribution in [1.29, 1.82) is 0 Å². The number of aryl methyl sites for hydroxylation is 3. The van der Waals surface area contributed by atoms with Gasteiger partial charge < -0.3 is 14.6 Å². The van der Waals surface area contributed by atoms with E-state index in [-0.39, 0.29) is 6.61 Å². The molecule has 0 saturated carbocycles. The van der Waals surface area contributed by atoms with Gasteiger partial charge in [0.1, 0.15) is 11.3 Å². The molecule has 5 heterocycles. The maximum absolute atomic E-state index is 9.35. The number of pyridine rings is 1. The molecule has 5 aromatic heterocycles. The summed E-state index contributed by atoms with van der Waals surface area (Å²) in [4.78, 5) is 15.7. The van der Waals surface area contributed by atoms with Crippen molar-refractivity contribution in [2.75, 3.05) is 11.9 Å². The molecular weight excluding hydrogens is 406 g/mol. The monoisotopic (exact) mass is 429 g/mol. The van der Waals surface area contributed by atoms with Crippen LogP contribution in [0.5, 0.6) is 0 Å². The zero-order valence-corrected chi connectivity index (χ0v) is 18.3. The molecule has 0 amide bonds. The summed E-state index contributed by atoms with van der Waals surface area (Å²) < 4.78 is 5.50. The van der Waals surface area contributed by atoms with Gasteiger partial charge in [-0.1, -0.05) is 6.07 Å². The van der Waals surface area contributed by atoms with Gasteiger partial charge in [-0.25, -0.2) is 19.5 Å². The quantitative estimate of drug-likeness (QED) is 0.458. The molecular formula is C22H23N9O. The number of aliphatic hydroxyl groups excluding tert-OH is 1. The van der Waals surface area contributed by atoms with Gasteiger partial charge in [0.05, 0.1) is 12.3 Å². The fourth-order valence-electron chi connectivity index (χ4n) is 3.75. The van der Waals surface area contributed by atoms with E-state index in [4.69, 9.17) is 10.1 Å². The molecule has 0 fully saturated rings. The smallest absolute Gasteiger partial charge is 0.218 e. The molecule has 162 valence electrons. The van der Waals surface area contributed by atoms with Crippen LogP contribution in [0.25, 0.3) is 28.4 Å². The molecule has 5 rings (SSSR count). The highest BCUT2D eigenvalue weighted by Crippen LogP contribution is 2.34. The van der Waals surface area contributed by atoms with Gasteiger partial charge in [-0.2, -0.15) is 5.10 Å². The van der Waals surface area contributed by atoms with E-state index in [1.54, 1.807) is 17.1 Å². The zero-order chi connectivity index (χ0) is 22.4. The van der Waals surface area contributed by atoms with E-state index >= 15 is 0 Å². The average Bonchev–Trinajstić information content (AvgIpc) is 3.51. The minimum Gasteiger partial charge on any atom is -0.392 e. The van der Waals surface area contributed by atoms with Crippen molar-refractivity contribution in [1.82, 2.24) is 38.9 Å². The van der Waals surface area contributed by atoms with Crippen LogP contribution >= 0.6 is 0 Å². The third kappa shape index (κ3) is 3.21. The number of aromatic nitrogens is 8. The van der Waals surface area contributed by atoms with Gasteiger partial charge >= 0.3 is 0 Å². The molecule has 5 aromatic rings. The maximum Gasteiger partial charge on any atom is 0.218 e. The minimum atomic E-state index is -0.0523. The van der Waals surface area contributed by atoms with E-state index in [2.05, 4.69) is 15.1 Å².